The van der Waals surface area contributed by atoms with Crippen molar-refractivity contribution >= 4 is 26.3 Å². The molecule has 0 aliphatic heterocycles. The van der Waals surface area contributed by atoms with Gasteiger partial charge < -0.3 is 14.6 Å². The lowest BCUT2D eigenvalue weighted by atomic mass is 10.1. The largest absolute Gasteiger partial charge is 0.478 e. The minimum absolute atomic E-state index is 0.150. The molecule has 0 amide bonds. The van der Waals surface area contributed by atoms with E-state index in [-0.39, 0.29) is 29.6 Å². The van der Waals surface area contributed by atoms with Crippen LogP contribution >= 0.6 is 9.24 Å². The van der Waals surface area contributed by atoms with Crippen LogP contribution in [0.1, 0.15) is 34.6 Å². The van der Waals surface area contributed by atoms with Crippen molar-refractivity contribution in [3.05, 3.63) is 29.1 Å². The molecular weight excluding hydrogens is 286 g/mol. The predicted molar refractivity (Wildman–Crippen MR) is 74.1 cm³/mol. The molecule has 1 atom stereocenters. The summed E-state index contributed by atoms with van der Waals surface area (Å²) in [5, 5.41) is 8.98. The van der Waals surface area contributed by atoms with Crippen LogP contribution in [0.15, 0.2) is 12.1 Å². The molecule has 1 unspecified atom stereocenters. The van der Waals surface area contributed by atoms with Crippen molar-refractivity contribution in [3.63, 3.8) is 0 Å². The highest BCUT2D eigenvalue weighted by Gasteiger charge is 2.26. The number of hydrogen-bond acceptors (Lipinski definition) is 4. The van der Waals surface area contributed by atoms with E-state index in [1.165, 1.54) is 6.07 Å². The molecular formula is C13H16FO5P. The van der Waals surface area contributed by atoms with Gasteiger partial charge >= 0.3 is 5.97 Å². The zero-order valence-corrected chi connectivity index (χ0v) is 12.3. The Morgan fingerprint density at radius 2 is 1.85 bits per heavy atom. The summed E-state index contributed by atoms with van der Waals surface area (Å²) in [6.45, 7) is 3.84. The van der Waals surface area contributed by atoms with Crippen LogP contribution in [-0.2, 0) is 9.47 Å². The van der Waals surface area contributed by atoms with Gasteiger partial charge in [-0.25, -0.2) is 9.18 Å². The lowest BCUT2D eigenvalue weighted by molar-refractivity contribution is -0.107. The second-order valence-electron chi connectivity index (χ2n) is 3.83. The van der Waals surface area contributed by atoms with Gasteiger partial charge in [-0.2, -0.15) is 0 Å². The molecule has 0 aromatic heterocycles. The minimum Gasteiger partial charge on any atom is -0.478 e. The summed E-state index contributed by atoms with van der Waals surface area (Å²) in [5.41, 5.74) is -0.472. The number of ether oxygens (including phenoxy) is 2. The first-order valence-electron chi connectivity index (χ1n) is 6.02. The van der Waals surface area contributed by atoms with Gasteiger partial charge in [-0.1, -0.05) is 0 Å². The molecule has 1 aromatic carbocycles. The van der Waals surface area contributed by atoms with E-state index in [0.29, 0.717) is 0 Å². The number of Topliss-reactive ketones (excluding diaryl/α,β-unsaturated/α-hetero) is 1. The topological polar surface area (TPSA) is 72.8 Å². The number of carboxylic acid groups (broad SMARTS) is 1. The van der Waals surface area contributed by atoms with Crippen molar-refractivity contribution < 1.29 is 28.6 Å². The number of ketones is 1. The maximum Gasteiger partial charge on any atom is 0.335 e. The first kappa shape index (κ1) is 16.7. The Balaban J connectivity index is 3.18. The fourth-order valence-corrected chi connectivity index (χ4v) is 2.09. The summed E-state index contributed by atoms with van der Waals surface area (Å²) in [5.74, 6) is -2.85. The Hall–Kier alpha value is -1.36. The molecule has 7 heteroatoms. The molecule has 0 aliphatic rings. The Kier molecular flexibility index (Phi) is 6.20. The van der Waals surface area contributed by atoms with E-state index < -0.39 is 23.9 Å². The van der Waals surface area contributed by atoms with E-state index in [4.69, 9.17) is 14.6 Å². The van der Waals surface area contributed by atoms with Crippen molar-refractivity contribution in [2.45, 2.75) is 20.1 Å². The summed E-state index contributed by atoms with van der Waals surface area (Å²) in [6, 6.07) is 2.01. The normalized spacial score (nSPS) is 10.8. The summed E-state index contributed by atoms with van der Waals surface area (Å²) >= 11 is 0. The first-order valence-corrected chi connectivity index (χ1v) is 6.59. The minimum atomic E-state index is -1.27. The highest BCUT2D eigenvalue weighted by atomic mass is 31.0. The highest BCUT2D eigenvalue weighted by Crippen LogP contribution is 2.15. The number of carbonyl (C=O) groups excluding carboxylic acids is 1. The maximum atomic E-state index is 14.0. The van der Waals surface area contributed by atoms with Crippen molar-refractivity contribution in [3.8, 4) is 0 Å². The van der Waals surface area contributed by atoms with E-state index in [0.717, 1.165) is 6.07 Å². The van der Waals surface area contributed by atoms with Crippen LogP contribution in [0, 0.1) is 5.82 Å². The predicted octanol–water partition coefficient (Wildman–Crippen LogP) is 1.61. The van der Waals surface area contributed by atoms with E-state index in [1.807, 2.05) is 0 Å². The van der Waals surface area contributed by atoms with E-state index >= 15 is 0 Å². The molecule has 0 fully saturated rings. The second-order valence-corrected chi connectivity index (χ2v) is 4.46. The fourth-order valence-electron chi connectivity index (χ4n) is 1.63. The lowest BCUT2D eigenvalue weighted by Crippen LogP contribution is -2.31. The third-order valence-corrected chi connectivity index (χ3v) is 2.92. The van der Waals surface area contributed by atoms with Gasteiger partial charge in [0.05, 0.1) is 11.1 Å². The number of benzene rings is 1. The molecule has 0 saturated heterocycles. The molecule has 0 saturated carbocycles. The standard InChI is InChI=1S/C13H16FO5P/c1-3-18-13(19-4-2)11(15)10-8(14)5-7(12(16)17)6-9(10)20/h5-6,13H,3-4,20H2,1-2H3,(H,16,17). The molecule has 5 nitrogen and oxygen atoms in total. The molecule has 0 spiro atoms. The van der Waals surface area contributed by atoms with E-state index in [9.17, 15) is 14.0 Å². The van der Waals surface area contributed by atoms with Gasteiger partial charge in [0.2, 0.25) is 12.1 Å². The molecule has 110 valence electrons. The second kappa shape index (κ2) is 7.43. The average Bonchev–Trinajstić information content (AvgIpc) is 2.37. The Bertz CT molecular complexity index is 488. The Labute approximate surface area is 118 Å². The van der Waals surface area contributed by atoms with Gasteiger partial charge in [0, 0.05) is 13.2 Å². The van der Waals surface area contributed by atoms with Gasteiger partial charge in [0.15, 0.2) is 0 Å². The Morgan fingerprint density at radius 1 is 1.30 bits per heavy atom. The van der Waals surface area contributed by atoms with Crippen molar-refractivity contribution in [1.29, 1.82) is 0 Å². The number of carboxylic acids is 1. The van der Waals surface area contributed by atoms with Gasteiger partial charge in [-0.15, -0.1) is 9.24 Å². The van der Waals surface area contributed by atoms with Crippen molar-refractivity contribution in [1.82, 2.24) is 0 Å². The summed E-state index contributed by atoms with van der Waals surface area (Å²) in [7, 11) is 2.15. The third kappa shape index (κ3) is 3.82. The number of hydrogen-bond donors (Lipinski definition) is 1. The summed E-state index contributed by atoms with van der Waals surface area (Å²) in [4.78, 5) is 23.0. The average molecular weight is 302 g/mol. The molecule has 1 rings (SSSR count). The van der Waals surface area contributed by atoms with Crippen LogP contribution in [0.25, 0.3) is 0 Å². The lowest BCUT2D eigenvalue weighted by Gasteiger charge is -2.17. The number of halogens is 1. The quantitative estimate of drug-likeness (QED) is 0.470. The van der Waals surface area contributed by atoms with E-state index in [2.05, 4.69) is 9.24 Å². The van der Waals surface area contributed by atoms with Crippen molar-refractivity contribution in [2.24, 2.45) is 0 Å². The zero-order chi connectivity index (χ0) is 15.3. The van der Waals surface area contributed by atoms with Crippen LogP contribution < -0.4 is 5.30 Å². The number of rotatable bonds is 7. The first-order chi connectivity index (χ1) is 9.42. The monoisotopic (exact) mass is 302 g/mol. The van der Waals surface area contributed by atoms with Crippen LogP contribution in [0.4, 0.5) is 4.39 Å². The van der Waals surface area contributed by atoms with Crippen LogP contribution in [0.2, 0.25) is 0 Å². The van der Waals surface area contributed by atoms with E-state index in [1.54, 1.807) is 13.8 Å². The smallest absolute Gasteiger partial charge is 0.335 e. The highest BCUT2D eigenvalue weighted by molar-refractivity contribution is 7.27. The molecule has 1 aromatic rings. The summed E-state index contributed by atoms with van der Waals surface area (Å²) in [6.07, 6.45) is -1.20. The van der Waals surface area contributed by atoms with Crippen LogP contribution in [0.5, 0.6) is 0 Å². The molecule has 20 heavy (non-hydrogen) atoms. The van der Waals surface area contributed by atoms with Crippen LogP contribution in [0.3, 0.4) is 0 Å². The van der Waals surface area contributed by atoms with Gasteiger partial charge in [-0.3, -0.25) is 4.79 Å². The summed E-state index contributed by atoms with van der Waals surface area (Å²) < 4.78 is 24.2. The van der Waals surface area contributed by atoms with Gasteiger partial charge in [0.25, 0.3) is 0 Å². The molecule has 0 heterocycles. The molecule has 0 aliphatic carbocycles. The third-order valence-electron chi connectivity index (χ3n) is 2.46. The molecule has 0 radical (unpaired) electrons. The number of aromatic carboxylic acids is 1. The number of carbonyl (C=O) groups is 2. The molecule has 0 bridgehead atoms. The van der Waals surface area contributed by atoms with Gasteiger partial charge in [-0.05, 0) is 31.3 Å². The van der Waals surface area contributed by atoms with Crippen molar-refractivity contribution in [2.75, 3.05) is 13.2 Å². The Morgan fingerprint density at radius 3 is 2.25 bits per heavy atom. The maximum absolute atomic E-state index is 14.0. The fraction of sp³-hybridized carbons (Fsp3) is 0.385. The van der Waals surface area contributed by atoms with Gasteiger partial charge in [0.1, 0.15) is 5.82 Å². The van der Waals surface area contributed by atoms with Crippen LogP contribution in [-0.4, -0.2) is 36.4 Å². The SMILES string of the molecule is CCOC(OCC)C(=O)c1c(F)cc(C(=O)O)cc1P. The molecule has 1 N–H and O–H groups in total. The zero-order valence-electron chi connectivity index (χ0n) is 11.2.